The fourth-order valence-electron chi connectivity index (χ4n) is 4.77. The Balaban J connectivity index is 1.62. The molecule has 2 heterocycles. The summed E-state index contributed by atoms with van der Waals surface area (Å²) in [4.78, 5) is 31.3. The van der Waals surface area contributed by atoms with E-state index in [1.807, 2.05) is 21.9 Å². The van der Waals surface area contributed by atoms with Gasteiger partial charge in [-0.15, -0.1) is 0 Å². The van der Waals surface area contributed by atoms with Gasteiger partial charge in [0.2, 0.25) is 5.91 Å². The lowest BCUT2D eigenvalue weighted by Gasteiger charge is -2.26. The molecule has 32 heavy (non-hydrogen) atoms. The van der Waals surface area contributed by atoms with Crippen LogP contribution in [0, 0.1) is 5.92 Å². The van der Waals surface area contributed by atoms with Crippen LogP contribution in [-0.4, -0.2) is 91.7 Å². The second-order valence-corrected chi connectivity index (χ2v) is 9.46. The summed E-state index contributed by atoms with van der Waals surface area (Å²) in [5, 5.41) is 9.85. The maximum atomic E-state index is 13.1. The van der Waals surface area contributed by atoms with Crippen LogP contribution in [0.4, 0.5) is 0 Å². The lowest BCUT2D eigenvalue weighted by atomic mass is 9.88. The molecule has 0 spiro atoms. The Morgan fingerprint density at radius 1 is 1.12 bits per heavy atom. The van der Waals surface area contributed by atoms with E-state index in [0.29, 0.717) is 26.2 Å². The van der Waals surface area contributed by atoms with Crippen molar-refractivity contribution in [3.63, 3.8) is 0 Å². The molecule has 2 unspecified atom stereocenters. The van der Waals surface area contributed by atoms with E-state index in [2.05, 4.69) is 32.0 Å². The van der Waals surface area contributed by atoms with Gasteiger partial charge in [0, 0.05) is 38.5 Å². The second kappa shape index (κ2) is 11.7. The van der Waals surface area contributed by atoms with E-state index in [9.17, 15) is 14.7 Å². The molecule has 2 atom stereocenters. The van der Waals surface area contributed by atoms with E-state index in [0.717, 1.165) is 68.6 Å². The van der Waals surface area contributed by atoms with E-state index in [-0.39, 0.29) is 11.8 Å². The third kappa shape index (κ3) is 6.45. The molecular formula is C25H39N3O4. The largest absolute Gasteiger partial charge is 0.493 e. The highest BCUT2D eigenvalue weighted by Crippen LogP contribution is 2.36. The van der Waals surface area contributed by atoms with Gasteiger partial charge in [-0.1, -0.05) is 25.5 Å². The Labute approximate surface area is 192 Å². The minimum atomic E-state index is -0.784. The summed E-state index contributed by atoms with van der Waals surface area (Å²) < 4.78 is 5.60. The van der Waals surface area contributed by atoms with E-state index >= 15 is 0 Å². The summed E-state index contributed by atoms with van der Waals surface area (Å²) in [5.74, 6) is -0.349. The first-order valence-electron chi connectivity index (χ1n) is 12.0. The number of carbonyl (C=O) groups is 2. The number of aliphatic carboxylic acids is 1. The smallest absolute Gasteiger partial charge is 0.308 e. The summed E-state index contributed by atoms with van der Waals surface area (Å²) in [6, 6.07) is 6.06. The van der Waals surface area contributed by atoms with Crippen molar-refractivity contribution in [1.29, 1.82) is 0 Å². The number of fused-ring (bicyclic) bond motifs is 1. The lowest BCUT2D eigenvalue weighted by molar-refractivity contribution is -0.142. The fourth-order valence-corrected chi connectivity index (χ4v) is 4.77. The van der Waals surface area contributed by atoms with E-state index < -0.39 is 11.9 Å². The molecule has 2 aliphatic heterocycles. The van der Waals surface area contributed by atoms with Gasteiger partial charge >= 0.3 is 5.97 Å². The summed E-state index contributed by atoms with van der Waals surface area (Å²) in [7, 11) is 4.13. The van der Waals surface area contributed by atoms with Crippen molar-refractivity contribution in [3.05, 3.63) is 29.3 Å². The van der Waals surface area contributed by atoms with Gasteiger partial charge in [0.05, 0.1) is 19.1 Å². The van der Waals surface area contributed by atoms with Gasteiger partial charge in [-0.25, -0.2) is 0 Å². The molecule has 0 aliphatic carbocycles. The molecule has 178 valence electrons. The Bertz CT molecular complexity index is 782. The van der Waals surface area contributed by atoms with Crippen LogP contribution < -0.4 is 4.74 Å². The molecule has 0 bridgehead atoms. The number of benzene rings is 1. The predicted octanol–water partition coefficient (Wildman–Crippen LogP) is 2.69. The molecule has 1 fully saturated rings. The molecular weight excluding hydrogens is 406 g/mol. The molecule has 1 N–H and O–H groups in total. The molecule has 7 heteroatoms. The van der Waals surface area contributed by atoms with E-state index in [4.69, 9.17) is 4.74 Å². The van der Waals surface area contributed by atoms with Gasteiger partial charge < -0.3 is 19.6 Å². The average Bonchev–Trinajstić information content (AvgIpc) is 3.39. The fraction of sp³-hybridized carbons (Fsp3) is 0.680. The van der Waals surface area contributed by atoms with Crippen LogP contribution in [-0.2, 0) is 16.0 Å². The molecule has 7 nitrogen and oxygen atoms in total. The number of likely N-dealkylation sites (tertiary alicyclic amines) is 1. The first-order valence-corrected chi connectivity index (χ1v) is 12.0. The number of ether oxygens (including phenoxy) is 1. The number of amides is 1. The summed E-state index contributed by atoms with van der Waals surface area (Å²) in [5.41, 5.74) is 2.20. The first-order chi connectivity index (χ1) is 15.4. The molecule has 0 radical (unpaired) electrons. The van der Waals surface area contributed by atoms with Crippen LogP contribution in [0.2, 0.25) is 0 Å². The lowest BCUT2D eigenvalue weighted by Crippen LogP contribution is -2.41. The highest BCUT2D eigenvalue weighted by molar-refractivity contribution is 5.79. The monoisotopic (exact) mass is 445 g/mol. The van der Waals surface area contributed by atoms with Crippen LogP contribution in [0.3, 0.4) is 0 Å². The van der Waals surface area contributed by atoms with E-state index in [1.54, 1.807) is 0 Å². The standard InChI is InChI=1S/C25H39N3O4/c1-4-5-12-28(13-7-6-11-26(2)3)24(29)18-27-16-21(22(17-27)25(30)31)19-8-9-23-20(15-19)10-14-32-23/h8-9,15,21-22H,4-7,10-14,16-18H2,1-3H3,(H,30,31). The predicted molar refractivity (Wildman–Crippen MR) is 125 cm³/mol. The number of carbonyl (C=O) groups excluding carboxylic acids is 1. The van der Waals surface area contributed by atoms with Gasteiger partial charge in [0.1, 0.15) is 5.75 Å². The highest BCUT2D eigenvalue weighted by Gasteiger charge is 2.39. The zero-order valence-electron chi connectivity index (χ0n) is 19.9. The topological polar surface area (TPSA) is 73.3 Å². The quantitative estimate of drug-likeness (QED) is 0.499. The van der Waals surface area contributed by atoms with Crippen molar-refractivity contribution in [2.75, 3.05) is 60.0 Å². The molecule has 2 aliphatic rings. The number of rotatable bonds is 12. The number of nitrogens with zero attached hydrogens (tertiary/aromatic N) is 3. The summed E-state index contributed by atoms with van der Waals surface area (Å²) in [6.07, 6.45) is 4.98. The summed E-state index contributed by atoms with van der Waals surface area (Å²) in [6.45, 7) is 6.72. The molecule has 3 rings (SSSR count). The van der Waals surface area contributed by atoms with Crippen molar-refractivity contribution < 1.29 is 19.4 Å². The van der Waals surface area contributed by atoms with Gasteiger partial charge in [0.25, 0.3) is 0 Å². The molecule has 1 aromatic carbocycles. The Kier molecular flexibility index (Phi) is 8.93. The van der Waals surface area contributed by atoms with Crippen molar-refractivity contribution in [1.82, 2.24) is 14.7 Å². The molecule has 0 saturated carbocycles. The number of unbranched alkanes of at least 4 members (excludes halogenated alkanes) is 2. The SMILES string of the molecule is CCCCN(CCCCN(C)C)C(=O)CN1CC(C(=O)O)C(c2ccc3c(c2)CCO3)C1. The van der Waals surface area contributed by atoms with Crippen molar-refractivity contribution in [3.8, 4) is 5.75 Å². The minimum absolute atomic E-state index is 0.101. The number of hydrogen-bond donors (Lipinski definition) is 1. The number of carboxylic acids is 1. The molecule has 1 saturated heterocycles. The number of hydrogen-bond acceptors (Lipinski definition) is 5. The second-order valence-electron chi connectivity index (χ2n) is 9.46. The zero-order valence-corrected chi connectivity index (χ0v) is 19.9. The minimum Gasteiger partial charge on any atom is -0.493 e. The average molecular weight is 446 g/mol. The van der Waals surface area contributed by atoms with Crippen LogP contribution >= 0.6 is 0 Å². The van der Waals surface area contributed by atoms with E-state index in [1.165, 1.54) is 0 Å². The highest BCUT2D eigenvalue weighted by atomic mass is 16.5. The van der Waals surface area contributed by atoms with Gasteiger partial charge in [-0.05, 0) is 57.1 Å². The van der Waals surface area contributed by atoms with Crippen LogP contribution in [0.15, 0.2) is 18.2 Å². The first kappa shape index (κ1) is 24.5. The van der Waals surface area contributed by atoms with Crippen molar-refractivity contribution >= 4 is 11.9 Å². The number of carboxylic acid groups (broad SMARTS) is 1. The third-order valence-corrected chi connectivity index (χ3v) is 6.63. The maximum absolute atomic E-state index is 13.1. The Hall–Kier alpha value is -2.12. The third-order valence-electron chi connectivity index (χ3n) is 6.63. The Morgan fingerprint density at radius 3 is 2.59 bits per heavy atom. The zero-order chi connectivity index (χ0) is 23.1. The van der Waals surface area contributed by atoms with Crippen LogP contribution in [0.5, 0.6) is 5.75 Å². The molecule has 1 amide bonds. The van der Waals surface area contributed by atoms with Crippen molar-refractivity contribution in [2.24, 2.45) is 5.92 Å². The van der Waals surface area contributed by atoms with Crippen LogP contribution in [0.25, 0.3) is 0 Å². The Morgan fingerprint density at radius 2 is 1.88 bits per heavy atom. The van der Waals surface area contributed by atoms with Gasteiger partial charge in [-0.3, -0.25) is 14.5 Å². The van der Waals surface area contributed by atoms with Crippen molar-refractivity contribution in [2.45, 2.75) is 44.9 Å². The normalized spacial score (nSPS) is 20.4. The van der Waals surface area contributed by atoms with Gasteiger partial charge in [-0.2, -0.15) is 0 Å². The van der Waals surface area contributed by atoms with Crippen LogP contribution in [0.1, 0.15) is 49.7 Å². The molecule has 0 aromatic heterocycles. The maximum Gasteiger partial charge on any atom is 0.308 e. The van der Waals surface area contributed by atoms with Gasteiger partial charge in [0.15, 0.2) is 0 Å². The molecule has 1 aromatic rings. The summed E-state index contributed by atoms with van der Waals surface area (Å²) >= 11 is 0.